The van der Waals surface area contributed by atoms with Crippen LogP contribution in [0.1, 0.15) is 33.3 Å². The van der Waals surface area contributed by atoms with Gasteiger partial charge in [-0.1, -0.05) is 11.6 Å². The number of nitrogens with zero attached hydrogens (tertiary/aromatic N) is 3. The molecule has 1 atom stereocenters. The van der Waals surface area contributed by atoms with E-state index in [1.54, 1.807) is 25.4 Å². The minimum Gasteiger partial charge on any atom is -0.507 e. The first-order valence-corrected chi connectivity index (χ1v) is 11.7. The van der Waals surface area contributed by atoms with Crippen LogP contribution < -0.4 is 0 Å². The van der Waals surface area contributed by atoms with Gasteiger partial charge in [0, 0.05) is 54.9 Å². The molecule has 1 N–H and O–H groups in total. The zero-order valence-electron chi connectivity index (χ0n) is 19.6. The first kappa shape index (κ1) is 23.5. The predicted octanol–water partition coefficient (Wildman–Crippen LogP) is 4.91. The summed E-state index contributed by atoms with van der Waals surface area (Å²) < 4.78 is 26.5. The van der Waals surface area contributed by atoms with Gasteiger partial charge >= 0.3 is 5.97 Å². The van der Waals surface area contributed by atoms with E-state index in [9.17, 15) is 9.90 Å². The number of ether oxygens (including phenoxy) is 1. The number of carbonyl (C=O) groups is 1. The molecule has 4 aromatic rings. The van der Waals surface area contributed by atoms with Crippen molar-refractivity contribution in [1.82, 2.24) is 14.8 Å². The molecule has 5 rings (SSSR count). The number of hydrogen-bond donors (Lipinski definition) is 1. The number of methoxy groups -OCH3 is 1. The largest absolute Gasteiger partial charge is 0.507 e. The molecule has 0 bridgehead atoms. The molecule has 2 aromatic carbocycles. The molecular weight excluding hydrogens is 473 g/mol. The molecule has 182 valence electrons. The van der Waals surface area contributed by atoms with Crippen LogP contribution in [0, 0.1) is 12.7 Å². The summed E-state index contributed by atoms with van der Waals surface area (Å²) in [5, 5.41) is 12.3. The van der Waals surface area contributed by atoms with Crippen LogP contribution in [-0.2, 0) is 4.74 Å². The predicted molar refractivity (Wildman–Crippen MR) is 132 cm³/mol. The molecule has 0 radical (unpaired) electrons. The number of aromatic hydroxyl groups is 1. The van der Waals surface area contributed by atoms with Gasteiger partial charge < -0.3 is 19.2 Å². The second-order valence-electron chi connectivity index (χ2n) is 8.80. The molecule has 1 aliphatic rings. The minimum atomic E-state index is -0.745. The molecule has 0 spiro atoms. The van der Waals surface area contributed by atoms with Crippen LogP contribution in [0.4, 0.5) is 4.39 Å². The molecule has 0 saturated carbocycles. The number of halogens is 2. The highest BCUT2D eigenvalue weighted by Gasteiger charge is 2.35. The Morgan fingerprint density at radius 1 is 1.17 bits per heavy atom. The second kappa shape index (κ2) is 9.11. The molecule has 35 heavy (non-hydrogen) atoms. The zero-order chi connectivity index (χ0) is 24.9. The van der Waals surface area contributed by atoms with Crippen molar-refractivity contribution in [1.29, 1.82) is 0 Å². The lowest BCUT2D eigenvalue weighted by Crippen LogP contribution is -2.46. The Labute approximate surface area is 206 Å². The lowest BCUT2D eigenvalue weighted by Gasteiger charge is -2.39. The van der Waals surface area contributed by atoms with Crippen molar-refractivity contribution in [3.8, 4) is 5.75 Å². The maximum atomic E-state index is 15.4. The number of phenolic OH excluding ortho intramolecular Hbond substituents is 1. The number of rotatable bonds is 4. The maximum Gasteiger partial charge on any atom is 0.342 e. The van der Waals surface area contributed by atoms with Gasteiger partial charge in [-0.05, 0) is 43.8 Å². The number of hydrogen-bond acceptors (Lipinski definition) is 7. The van der Waals surface area contributed by atoms with Crippen molar-refractivity contribution in [2.24, 2.45) is 0 Å². The molecular formula is C26H25ClFN3O4. The molecule has 0 aliphatic carbocycles. The highest BCUT2D eigenvalue weighted by molar-refractivity contribution is 6.32. The number of pyridine rings is 1. The van der Waals surface area contributed by atoms with Crippen LogP contribution in [0.5, 0.6) is 5.75 Å². The number of furan rings is 1. The lowest BCUT2D eigenvalue weighted by molar-refractivity contribution is 0.0600. The van der Waals surface area contributed by atoms with E-state index in [2.05, 4.69) is 21.8 Å². The molecule has 1 fully saturated rings. The van der Waals surface area contributed by atoms with Crippen LogP contribution in [0.25, 0.3) is 21.7 Å². The van der Waals surface area contributed by atoms with Crippen molar-refractivity contribution < 1.29 is 23.4 Å². The minimum absolute atomic E-state index is 0.0432. The Kier molecular flexibility index (Phi) is 6.13. The van der Waals surface area contributed by atoms with E-state index >= 15 is 4.39 Å². The lowest BCUT2D eigenvalue weighted by atomic mass is 9.88. The summed E-state index contributed by atoms with van der Waals surface area (Å²) in [6.07, 6.45) is 3.35. The van der Waals surface area contributed by atoms with Gasteiger partial charge in [-0.25, -0.2) is 9.18 Å². The van der Waals surface area contributed by atoms with E-state index in [1.165, 1.54) is 13.2 Å². The van der Waals surface area contributed by atoms with E-state index in [4.69, 9.17) is 20.8 Å². The maximum absolute atomic E-state index is 15.4. The number of likely N-dealkylation sites (N-methyl/N-ethyl adjacent to an activating group) is 1. The van der Waals surface area contributed by atoms with Crippen molar-refractivity contribution in [3.63, 3.8) is 0 Å². The molecule has 2 aromatic heterocycles. The van der Waals surface area contributed by atoms with Gasteiger partial charge in [-0.2, -0.15) is 0 Å². The summed E-state index contributed by atoms with van der Waals surface area (Å²) in [5.74, 6) is -1.30. The number of aromatic nitrogens is 1. The number of esters is 1. The van der Waals surface area contributed by atoms with Crippen molar-refractivity contribution in [2.45, 2.75) is 13.0 Å². The normalized spacial score (nSPS) is 16.1. The van der Waals surface area contributed by atoms with Gasteiger partial charge in [0.1, 0.15) is 22.7 Å². The summed E-state index contributed by atoms with van der Waals surface area (Å²) in [4.78, 5) is 21.5. The number of aryl methyl sites for hydroxylation is 1. The smallest absolute Gasteiger partial charge is 0.342 e. The average molecular weight is 498 g/mol. The molecule has 1 saturated heterocycles. The third kappa shape index (κ3) is 3.82. The Morgan fingerprint density at radius 3 is 2.51 bits per heavy atom. The van der Waals surface area contributed by atoms with E-state index < -0.39 is 17.8 Å². The van der Waals surface area contributed by atoms with Crippen molar-refractivity contribution in [2.75, 3.05) is 40.3 Å². The number of piperazine rings is 1. The summed E-state index contributed by atoms with van der Waals surface area (Å²) in [7, 11) is 3.35. The van der Waals surface area contributed by atoms with E-state index in [0.717, 1.165) is 18.7 Å². The van der Waals surface area contributed by atoms with E-state index in [0.29, 0.717) is 40.8 Å². The Morgan fingerprint density at radius 2 is 1.86 bits per heavy atom. The van der Waals surface area contributed by atoms with Gasteiger partial charge in [0.05, 0.1) is 23.6 Å². The second-order valence-corrected chi connectivity index (χ2v) is 9.20. The molecule has 3 heterocycles. The van der Waals surface area contributed by atoms with Crippen LogP contribution in [0.3, 0.4) is 0 Å². The highest BCUT2D eigenvalue weighted by Crippen LogP contribution is 2.48. The van der Waals surface area contributed by atoms with Crippen LogP contribution in [-0.4, -0.2) is 66.2 Å². The Bertz CT molecular complexity index is 1430. The van der Waals surface area contributed by atoms with E-state index in [-0.39, 0.29) is 21.7 Å². The average Bonchev–Trinajstić information content (AvgIpc) is 3.21. The van der Waals surface area contributed by atoms with Gasteiger partial charge in [0.15, 0.2) is 5.82 Å². The van der Waals surface area contributed by atoms with Gasteiger partial charge in [0.25, 0.3) is 0 Å². The quantitative estimate of drug-likeness (QED) is 0.401. The SMILES string of the molecule is COC(=O)c1c(C)oc2c1c(C(c1ccncc1)N1CCN(C)CC1)c(O)c1c(F)c(Cl)ccc12. The topological polar surface area (TPSA) is 79.0 Å². The fourth-order valence-electron chi connectivity index (χ4n) is 5.02. The third-order valence-corrected chi connectivity index (χ3v) is 7.06. The standard InChI is InChI=1S/C26H25ClFN3O4/c1-14-18(26(33)34-3)20-21(24(32)19-16(25(20)35-14)4-5-17(27)22(19)28)23(15-6-8-29-9-7-15)31-12-10-30(2)11-13-31/h4-9,23,32H,10-13H2,1-3H3. The highest BCUT2D eigenvalue weighted by atomic mass is 35.5. The van der Waals surface area contributed by atoms with E-state index in [1.807, 2.05) is 12.1 Å². The van der Waals surface area contributed by atoms with Crippen LogP contribution in [0.15, 0.2) is 41.1 Å². The van der Waals surface area contributed by atoms with Gasteiger partial charge in [0.2, 0.25) is 0 Å². The Hall–Kier alpha value is -3.20. The summed E-state index contributed by atoms with van der Waals surface area (Å²) in [5.41, 5.74) is 1.73. The summed E-state index contributed by atoms with van der Waals surface area (Å²) in [6, 6.07) is 6.22. The van der Waals surface area contributed by atoms with Gasteiger partial charge in [-0.3, -0.25) is 9.88 Å². The summed E-state index contributed by atoms with van der Waals surface area (Å²) in [6.45, 7) is 4.68. The van der Waals surface area contributed by atoms with Crippen molar-refractivity contribution >= 4 is 39.3 Å². The summed E-state index contributed by atoms with van der Waals surface area (Å²) >= 11 is 6.12. The molecule has 9 heteroatoms. The third-order valence-electron chi connectivity index (χ3n) is 6.77. The van der Waals surface area contributed by atoms with Crippen molar-refractivity contribution in [3.05, 3.63) is 69.9 Å². The fraction of sp³-hybridized carbons (Fsp3) is 0.308. The fourth-order valence-corrected chi connectivity index (χ4v) is 5.17. The molecule has 0 amide bonds. The monoisotopic (exact) mass is 497 g/mol. The zero-order valence-corrected chi connectivity index (χ0v) is 20.4. The van der Waals surface area contributed by atoms with Crippen LogP contribution >= 0.6 is 11.6 Å². The number of benzene rings is 2. The first-order valence-electron chi connectivity index (χ1n) is 11.3. The molecule has 7 nitrogen and oxygen atoms in total. The van der Waals surface area contributed by atoms with Crippen LogP contribution in [0.2, 0.25) is 5.02 Å². The number of phenols is 1. The Balaban J connectivity index is 1.93. The number of carbonyl (C=O) groups excluding carboxylic acids is 1. The first-order chi connectivity index (χ1) is 16.8. The van der Waals surface area contributed by atoms with Gasteiger partial charge in [-0.15, -0.1) is 0 Å². The number of fused-ring (bicyclic) bond motifs is 3. The molecule has 1 aliphatic heterocycles. The molecule has 1 unspecified atom stereocenters.